The average Bonchev–Trinajstić information content (AvgIpc) is 2.76. The number of hydrogen-bond acceptors (Lipinski definition) is 4. The summed E-state index contributed by atoms with van der Waals surface area (Å²) in [5, 5.41) is 0.114. The second kappa shape index (κ2) is 5.81. The maximum atomic E-state index is 12.0. The maximum absolute atomic E-state index is 12.0. The molecule has 0 unspecified atom stereocenters. The predicted molar refractivity (Wildman–Crippen MR) is 70.6 cm³/mol. The van der Waals surface area contributed by atoms with E-state index in [-0.39, 0.29) is 10.4 Å². The molecule has 0 saturated carbocycles. The van der Waals surface area contributed by atoms with Gasteiger partial charge in [-0.15, -0.1) is 0 Å². The number of nitrogens with zero attached hydrogens (tertiary/aromatic N) is 1. The molecule has 1 aromatic heterocycles. The number of aromatic amines is 1. The lowest BCUT2D eigenvalue weighted by molar-refractivity contribution is 0.340. The minimum absolute atomic E-state index is 0.114. The van der Waals surface area contributed by atoms with Gasteiger partial charge in [0.25, 0.3) is 10.0 Å². The minimum atomic E-state index is -3.51. The van der Waals surface area contributed by atoms with E-state index in [0.29, 0.717) is 25.3 Å². The third-order valence-corrected chi connectivity index (χ3v) is 4.10. The van der Waals surface area contributed by atoms with Crippen LogP contribution < -0.4 is 10.5 Å². The molecule has 1 aromatic rings. The van der Waals surface area contributed by atoms with E-state index in [4.69, 9.17) is 5.73 Å². The first-order valence-corrected chi connectivity index (χ1v) is 7.52. The monoisotopic (exact) mass is 274 g/mol. The van der Waals surface area contributed by atoms with Crippen LogP contribution in [0.4, 0.5) is 0 Å². The Morgan fingerprint density at radius 1 is 1.50 bits per heavy atom. The first-order chi connectivity index (χ1) is 8.30. The molecular weight excluding hydrogens is 252 g/mol. The number of hydrogen-bond donors (Lipinski definition) is 3. The molecule has 6 nitrogen and oxygen atoms in total. The van der Waals surface area contributed by atoms with E-state index in [1.54, 1.807) is 0 Å². The van der Waals surface area contributed by atoms with Gasteiger partial charge in [0.05, 0.1) is 6.20 Å². The maximum Gasteiger partial charge on any atom is 0.257 e. The average molecular weight is 274 g/mol. The topological polar surface area (TPSA) is 101 Å². The van der Waals surface area contributed by atoms with E-state index in [1.165, 1.54) is 6.20 Å². The summed E-state index contributed by atoms with van der Waals surface area (Å²) in [6.45, 7) is 6.76. The van der Waals surface area contributed by atoms with Crippen molar-refractivity contribution in [3.05, 3.63) is 12.0 Å². The SMILES string of the molecule is CCc1ncc(S(=O)(=O)NCC(C)(C)CCN)[nH]1. The van der Waals surface area contributed by atoms with Gasteiger partial charge in [-0.25, -0.2) is 18.1 Å². The van der Waals surface area contributed by atoms with Gasteiger partial charge in [-0.2, -0.15) is 0 Å². The van der Waals surface area contributed by atoms with Gasteiger partial charge in [0.2, 0.25) is 0 Å². The largest absolute Gasteiger partial charge is 0.332 e. The zero-order valence-corrected chi connectivity index (χ0v) is 12.0. The molecule has 104 valence electrons. The Labute approximate surface area is 108 Å². The molecular formula is C11H22N4O2S. The van der Waals surface area contributed by atoms with Gasteiger partial charge in [0.15, 0.2) is 5.03 Å². The van der Waals surface area contributed by atoms with Crippen molar-refractivity contribution in [2.45, 2.75) is 38.6 Å². The summed E-state index contributed by atoms with van der Waals surface area (Å²) >= 11 is 0. The molecule has 0 aliphatic carbocycles. The van der Waals surface area contributed by atoms with Crippen molar-refractivity contribution >= 4 is 10.0 Å². The van der Waals surface area contributed by atoms with Gasteiger partial charge >= 0.3 is 0 Å². The lowest BCUT2D eigenvalue weighted by atomic mass is 9.90. The summed E-state index contributed by atoms with van der Waals surface area (Å²) in [5.41, 5.74) is 5.34. The number of nitrogens with one attached hydrogen (secondary N) is 2. The van der Waals surface area contributed by atoms with E-state index >= 15 is 0 Å². The smallest absolute Gasteiger partial charge is 0.257 e. The molecule has 4 N–H and O–H groups in total. The van der Waals surface area contributed by atoms with Crippen LogP contribution in [0.15, 0.2) is 11.2 Å². The van der Waals surface area contributed by atoms with E-state index in [1.807, 2.05) is 20.8 Å². The van der Waals surface area contributed by atoms with E-state index < -0.39 is 10.0 Å². The second-order valence-corrected chi connectivity index (χ2v) is 6.81. The summed E-state index contributed by atoms with van der Waals surface area (Å²) in [5.74, 6) is 0.664. The third kappa shape index (κ3) is 4.08. The van der Waals surface area contributed by atoms with E-state index in [9.17, 15) is 8.42 Å². The van der Waals surface area contributed by atoms with Crippen molar-refractivity contribution in [1.29, 1.82) is 0 Å². The molecule has 0 fully saturated rings. The van der Waals surface area contributed by atoms with Crippen LogP contribution in [0, 0.1) is 5.41 Å². The van der Waals surface area contributed by atoms with E-state index in [0.717, 1.165) is 6.42 Å². The molecule has 0 aliphatic heterocycles. The van der Waals surface area contributed by atoms with Crippen LogP contribution in [-0.2, 0) is 16.4 Å². The number of aryl methyl sites for hydroxylation is 1. The highest BCUT2D eigenvalue weighted by Crippen LogP contribution is 2.18. The minimum Gasteiger partial charge on any atom is -0.332 e. The zero-order chi connectivity index (χ0) is 13.8. The summed E-state index contributed by atoms with van der Waals surface area (Å²) in [6, 6.07) is 0. The molecule has 0 atom stereocenters. The Hall–Kier alpha value is -0.920. The number of imidazole rings is 1. The van der Waals surface area contributed by atoms with Crippen LogP contribution in [-0.4, -0.2) is 31.5 Å². The Kier molecular flexibility index (Phi) is 4.89. The Balaban J connectivity index is 2.71. The third-order valence-electron chi connectivity index (χ3n) is 2.79. The molecule has 7 heteroatoms. The van der Waals surface area contributed by atoms with Gasteiger partial charge in [-0.3, -0.25) is 0 Å². The van der Waals surface area contributed by atoms with Gasteiger partial charge in [0, 0.05) is 13.0 Å². The molecule has 1 heterocycles. The molecule has 0 spiro atoms. The van der Waals surface area contributed by atoms with Gasteiger partial charge < -0.3 is 10.7 Å². The van der Waals surface area contributed by atoms with Crippen LogP contribution >= 0.6 is 0 Å². The quantitative estimate of drug-likeness (QED) is 0.678. The highest BCUT2D eigenvalue weighted by molar-refractivity contribution is 7.89. The summed E-state index contributed by atoms with van der Waals surface area (Å²) in [7, 11) is -3.51. The van der Waals surface area contributed by atoms with Crippen molar-refractivity contribution in [2.75, 3.05) is 13.1 Å². The summed E-state index contributed by atoms with van der Waals surface area (Å²) in [4.78, 5) is 6.77. The van der Waals surface area contributed by atoms with Crippen molar-refractivity contribution < 1.29 is 8.42 Å². The van der Waals surface area contributed by atoms with Crippen LogP contribution in [0.5, 0.6) is 0 Å². The predicted octanol–water partition coefficient (Wildman–Crippen LogP) is 0.625. The normalized spacial score (nSPS) is 12.9. The van der Waals surface area contributed by atoms with Gasteiger partial charge in [-0.1, -0.05) is 20.8 Å². The van der Waals surface area contributed by atoms with Gasteiger partial charge in [0.1, 0.15) is 5.82 Å². The van der Waals surface area contributed by atoms with Crippen molar-refractivity contribution in [1.82, 2.24) is 14.7 Å². The lowest BCUT2D eigenvalue weighted by Crippen LogP contribution is -2.35. The molecule has 0 radical (unpaired) electrons. The van der Waals surface area contributed by atoms with Crippen LogP contribution in [0.3, 0.4) is 0 Å². The van der Waals surface area contributed by atoms with Crippen molar-refractivity contribution in [2.24, 2.45) is 11.1 Å². The van der Waals surface area contributed by atoms with E-state index in [2.05, 4.69) is 14.7 Å². The molecule has 0 bridgehead atoms. The molecule has 1 rings (SSSR count). The fourth-order valence-corrected chi connectivity index (χ4v) is 2.69. The van der Waals surface area contributed by atoms with Crippen LogP contribution in [0.1, 0.15) is 33.0 Å². The zero-order valence-electron chi connectivity index (χ0n) is 11.2. The lowest BCUT2D eigenvalue weighted by Gasteiger charge is -2.23. The Morgan fingerprint density at radius 3 is 2.67 bits per heavy atom. The number of H-pyrrole nitrogens is 1. The summed E-state index contributed by atoms with van der Waals surface area (Å²) in [6.07, 6.45) is 2.78. The first-order valence-electron chi connectivity index (χ1n) is 6.04. The van der Waals surface area contributed by atoms with Crippen molar-refractivity contribution in [3.63, 3.8) is 0 Å². The molecule has 0 amide bonds. The molecule has 0 aromatic carbocycles. The number of sulfonamides is 1. The van der Waals surface area contributed by atoms with Crippen molar-refractivity contribution in [3.8, 4) is 0 Å². The molecule has 0 saturated heterocycles. The first kappa shape index (κ1) is 15.1. The van der Waals surface area contributed by atoms with Gasteiger partial charge in [-0.05, 0) is 18.4 Å². The number of aromatic nitrogens is 2. The Morgan fingerprint density at radius 2 is 2.17 bits per heavy atom. The molecule has 0 aliphatic rings. The molecule has 18 heavy (non-hydrogen) atoms. The number of rotatable bonds is 7. The fourth-order valence-electron chi connectivity index (χ4n) is 1.51. The second-order valence-electron chi connectivity index (χ2n) is 5.08. The van der Waals surface area contributed by atoms with Crippen LogP contribution in [0.25, 0.3) is 0 Å². The fraction of sp³-hybridized carbons (Fsp3) is 0.727. The highest BCUT2D eigenvalue weighted by atomic mass is 32.2. The summed E-state index contributed by atoms with van der Waals surface area (Å²) < 4.78 is 26.6. The standard InChI is InChI=1S/C11H22N4O2S/c1-4-9-13-7-10(15-9)18(16,17)14-8-11(2,3)5-6-12/h7,14H,4-6,8,12H2,1-3H3,(H,13,15). The number of nitrogens with two attached hydrogens (primary N) is 1. The van der Waals surface area contributed by atoms with Crippen LogP contribution in [0.2, 0.25) is 0 Å². The Bertz CT molecular complexity index is 479. The highest BCUT2D eigenvalue weighted by Gasteiger charge is 2.22.